The van der Waals surface area contributed by atoms with Gasteiger partial charge in [-0.15, -0.1) is 0 Å². The molecule has 0 unspecified atom stereocenters. The molecule has 3 N–H and O–H groups in total. The summed E-state index contributed by atoms with van der Waals surface area (Å²) in [7, 11) is 0. The zero-order chi connectivity index (χ0) is 13.2. The van der Waals surface area contributed by atoms with E-state index in [0.717, 1.165) is 21.0 Å². The fourth-order valence-electron chi connectivity index (χ4n) is 2.03. The van der Waals surface area contributed by atoms with Gasteiger partial charge in [-0.1, -0.05) is 30.0 Å². The Morgan fingerprint density at radius 3 is 2.74 bits per heavy atom. The summed E-state index contributed by atoms with van der Waals surface area (Å²) in [6, 6.07) is 14.9. The number of H-pyrrole nitrogens is 1. The van der Waals surface area contributed by atoms with Gasteiger partial charge in [-0.05, 0) is 35.9 Å². The van der Waals surface area contributed by atoms with E-state index >= 15 is 0 Å². The molecule has 0 saturated carbocycles. The second-order valence-electron chi connectivity index (χ2n) is 4.28. The average molecular weight is 272 g/mol. The number of aromatic amines is 1. The average Bonchev–Trinajstić information content (AvgIpc) is 2.83. The van der Waals surface area contributed by atoms with Crippen molar-refractivity contribution < 1.29 is 4.39 Å². The standard InChI is InChI=1S/C15H13FN2S/c16-12-5-6-14(11(7-12)9-17)19-15-8-10-3-1-2-4-13(10)18-15/h1-8,18H,9,17H2. The minimum absolute atomic E-state index is 0.249. The van der Waals surface area contributed by atoms with Gasteiger partial charge in [-0.2, -0.15) is 0 Å². The third-order valence-electron chi connectivity index (χ3n) is 2.97. The first-order valence-corrected chi connectivity index (χ1v) is 6.82. The molecule has 3 rings (SSSR count). The molecule has 0 bridgehead atoms. The Hall–Kier alpha value is -1.78. The highest BCUT2D eigenvalue weighted by molar-refractivity contribution is 7.99. The minimum Gasteiger partial charge on any atom is -0.349 e. The zero-order valence-electron chi connectivity index (χ0n) is 10.2. The Labute approximate surface area is 114 Å². The molecule has 3 aromatic rings. The van der Waals surface area contributed by atoms with Gasteiger partial charge in [-0.25, -0.2) is 4.39 Å². The second kappa shape index (κ2) is 5.07. The SMILES string of the molecule is NCc1cc(F)ccc1Sc1cc2ccccc2[nH]1. The molecule has 0 fully saturated rings. The number of para-hydroxylation sites is 1. The number of aromatic nitrogens is 1. The molecule has 19 heavy (non-hydrogen) atoms. The number of benzene rings is 2. The van der Waals surface area contributed by atoms with Gasteiger partial charge in [0.25, 0.3) is 0 Å². The van der Waals surface area contributed by atoms with Crippen molar-refractivity contribution in [2.24, 2.45) is 5.73 Å². The van der Waals surface area contributed by atoms with Crippen molar-refractivity contribution in [3.63, 3.8) is 0 Å². The number of halogens is 1. The van der Waals surface area contributed by atoms with Crippen LogP contribution < -0.4 is 5.73 Å². The van der Waals surface area contributed by atoms with Crippen molar-refractivity contribution in [3.8, 4) is 0 Å². The number of fused-ring (bicyclic) bond motifs is 1. The van der Waals surface area contributed by atoms with Crippen molar-refractivity contribution in [2.45, 2.75) is 16.5 Å². The number of hydrogen-bond acceptors (Lipinski definition) is 2. The highest BCUT2D eigenvalue weighted by Gasteiger charge is 2.07. The number of rotatable bonds is 3. The zero-order valence-corrected chi connectivity index (χ0v) is 11.0. The van der Waals surface area contributed by atoms with Crippen LogP contribution in [-0.2, 0) is 6.54 Å². The van der Waals surface area contributed by atoms with Crippen LogP contribution in [0, 0.1) is 5.82 Å². The summed E-state index contributed by atoms with van der Waals surface area (Å²) < 4.78 is 13.2. The third-order valence-corrected chi connectivity index (χ3v) is 4.03. The molecule has 4 heteroatoms. The maximum absolute atomic E-state index is 13.2. The summed E-state index contributed by atoms with van der Waals surface area (Å²) in [4.78, 5) is 4.32. The Balaban J connectivity index is 1.96. The molecular weight excluding hydrogens is 259 g/mol. The smallest absolute Gasteiger partial charge is 0.123 e. The van der Waals surface area contributed by atoms with Gasteiger partial charge in [0.2, 0.25) is 0 Å². The Morgan fingerprint density at radius 1 is 1.11 bits per heavy atom. The summed E-state index contributed by atoms with van der Waals surface area (Å²) in [6.07, 6.45) is 0. The summed E-state index contributed by atoms with van der Waals surface area (Å²) in [6.45, 7) is 0.334. The van der Waals surface area contributed by atoms with E-state index in [-0.39, 0.29) is 5.82 Å². The van der Waals surface area contributed by atoms with Crippen LogP contribution in [0.5, 0.6) is 0 Å². The quantitative estimate of drug-likeness (QED) is 0.759. The molecule has 0 radical (unpaired) electrons. The largest absolute Gasteiger partial charge is 0.349 e. The molecule has 2 aromatic carbocycles. The molecule has 0 spiro atoms. The van der Waals surface area contributed by atoms with Crippen molar-refractivity contribution in [1.29, 1.82) is 0 Å². The van der Waals surface area contributed by atoms with Crippen LogP contribution in [0.3, 0.4) is 0 Å². The van der Waals surface area contributed by atoms with E-state index in [2.05, 4.69) is 17.1 Å². The molecule has 0 aliphatic heterocycles. The Bertz CT molecular complexity index is 688. The highest BCUT2D eigenvalue weighted by Crippen LogP contribution is 2.32. The lowest BCUT2D eigenvalue weighted by Gasteiger charge is -2.05. The van der Waals surface area contributed by atoms with Crippen molar-refractivity contribution in [2.75, 3.05) is 0 Å². The second-order valence-corrected chi connectivity index (χ2v) is 5.36. The molecule has 1 heterocycles. The number of nitrogens with two attached hydrogens (primary N) is 1. The van der Waals surface area contributed by atoms with E-state index in [1.807, 2.05) is 18.2 Å². The lowest BCUT2D eigenvalue weighted by Crippen LogP contribution is -1.98. The summed E-state index contributed by atoms with van der Waals surface area (Å²) in [5, 5.41) is 2.20. The minimum atomic E-state index is -0.249. The van der Waals surface area contributed by atoms with Gasteiger partial charge in [-0.3, -0.25) is 0 Å². The van der Waals surface area contributed by atoms with Crippen LogP contribution in [0.1, 0.15) is 5.56 Å². The summed E-state index contributed by atoms with van der Waals surface area (Å²) >= 11 is 1.57. The normalized spacial score (nSPS) is 11.1. The van der Waals surface area contributed by atoms with Crippen LogP contribution in [0.25, 0.3) is 10.9 Å². The molecule has 96 valence electrons. The third kappa shape index (κ3) is 2.50. The molecule has 0 amide bonds. The molecule has 2 nitrogen and oxygen atoms in total. The van der Waals surface area contributed by atoms with E-state index in [1.165, 1.54) is 17.5 Å². The maximum Gasteiger partial charge on any atom is 0.123 e. The van der Waals surface area contributed by atoms with Gasteiger partial charge in [0.1, 0.15) is 5.82 Å². The lowest BCUT2D eigenvalue weighted by molar-refractivity contribution is 0.623. The topological polar surface area (TPSA) is 41.8 Å². The first-order chi connectivity index (χ1) is 9.26. The fourth-order valence-corrected chi connectivity index (χ4v) is 3.02. The maximum atomic E-state index is 13.2. The first-order valence-electron chi connectivity index (χ1n) is 6.00. The van der Waals surface area contributed by atoms with Crippen molar-refractivity contribution >= 4 is 22.7 Å². The van der Waals surface area contributed by atoms with Crippen LogP contribution in [0.15, 0.2) is 58.5 Å². The predicted molar refractivity (Wildman–Crippen MR) is 76.7 cm³/mol. The van der Waals surface area contributed by atoms with Gasteiger partial charge < -0.3 is 10.7 Å². The van der Waals surface area contributed by atoms with Crippen molar-refractivity contribution in [3.05, 3.63) is 59.9 Å². The molecule has 0 aliphatic carbocycles. The molecule has 0 saturated heterocycles. The van der Waals surface area contributed by atoms with Gasteiger partial charge >= 0.3 is 0 Å². The fraction of sp³-hybridized carbons (Fsp3) is 0.0667. The Morgan fingerprint density at radius 2 is 1.95 bits per heavy atom. The van der Waals surface area contributed by atoms with Crippen LogP contribution in [-0.4, -0.2) is 4.98 Å². The Kier molecular flexibility index (Phi) is 3.27. The van der Waals surface area contributed by atoms with Crippen LogP contribution in [0.4, 0.5) is 4.39 Å². The predicted octanol–water partition coefficient (Wildman–Crippen LogP) is 3.92. The highest BCUT2D eigenvalue weighted by atomic mass is 32.2. The molecule has 0 aliphatic rings. The number of nitrogens with one attached hydrogen (secondary N) is 1. The summed E-state index contributed by atoms with van der Waals surface area (Å²) in [5.74, 6) is -0.249. The summed E-state index contributed by atoms with van der Waals surface area (Å²) in [5.41, 5.74) is 7.58. The van der Waals surface area contributed by atoms with Gasteiger partial charge in [0.05, 0.1) is 5.03 Å². The van der Waals surface area contributed by atoms with E-state index in [1.54, 1.807) is 17.8 Å². The van der Waals surface area contributed by atoms with E-state index in [0.29, 0.717) is 6.54 Å². The number of hydrogen-bond donors (Lipinski definition) is 2. The van der Waals surface area contributed by atoms with E-state index in [4.69, 9.17) is 5.73 Å². The van der Waals surface area contributed by atoms with E-state index in [9.17, 15) is 4.39 Å². The van der Waals surface area contributed by atoms with Crippen LogP contribution >= 0.6 is 11.8 Å². The van der Waals surface area contributed by atoms with Gasteiger partial charge in [0.15, 0.2) is 0 Å². The first kappa shape index (κ1) is 12.3. The van der Waals surface area contributed by atoms with Crippen molar-refractivity contribution in [1.82, 2.24) is 4.98 Å². The lowest BCUT2D eigenvalue weighted by atomic mass is 10.2. The molecule has 0 atom stereocenters. The molecular formula is C15H13FN2S. The van der Waals surface area contributed by atoms with Gasteiger partial charge in [0, 0.05) is 22.3 Å². The monoisotopic (exact) mass is 272 g/mol. The van der Waals surface area contributed by atoms with Crippen LogP contribution in [0.2, 0.25) is 0 Å². The molecule has 1 aromatic heterocycles. The van der Waals surface area contributed by atoms with E-state index < -0.39 is 0 Å².